The maximum absolute atomic E-state index is 13.6. The predicted molar refractivity (Wildman–Crippen MR) is 68.4 cm³/mol. The van der Waals surface area contributed by atoms with Crippen LogP contribution in [0.15, 0.2) is 42.5 Å². The second kappa shape index (κ2) is 5.61. The largest absolute Gasteiger partial charge is 0.478 e. The zero-order valence-corrected chi connectivity index (χ0v) is 10.1. The van der Waals surface area contributed by atoms with E-state index in [1.165, 1.54) is 18.2 Å². The van der Waals surface area contributed by atoms with E-state index in [1.807, 2.05) is 0 Å². The standard InChI is InChI=1S/C15H9F3O2/c16-11-2-3-13(14(18)8-11)10-5-9(1-4-15(19)20)6-12(17)7-10/h1-8H,(H,19,20)/b4-1+. The first kappa shape index (κ1) is 13.9. The molecule has 0 aliphatic heterocycles. The average Bonchev–Trinajstić information content (AvgIpc) is 2.35. The van der Waals surface area contributed by atoms with E-state index in [0.717, 1.165) is 24.3 Å². The minimum absolute atomic E-state index is 0.0378. The molecule has 2 rings (SSSR count). The molecule has 0 saturated heterocycles. The van der Waals surface area contributed by atoms with Crippen LogP contribution in [-0.4, -0.2) is 11.1 Å². The second-order valence-corrected chi connectivity index (χ2v) is 4.07. The molecule has 1 N–H and O–H groups in total. The van der Waals surface area contributed by atoms with Gasteiger partial charge in [0.2, 0.25) is 0 Å². The Hall–Kier alpha value is -2.56. The molecule has 0 radical (unpaired) electrons. The lowest BCUT2D eigenvalue weighted by Gasteiger charge is -2.05. The first-order valence-electron chi connectivity index (χ1n) is 5.63. The number of rotatable bonds is 3. The van der Waals surface area contributed by atoms with Crippen LogP contribution >= 0.6 is 0 Å². The Morgan fingerprint density at radius 2 is 1.75 bits per heavy atom. The molecule has 0 heterocycles. The van der Waals surface area contributed by atoms with Gasteiger partial charge in [-0.05, 0) is 47.5 Å². The molecule has 0 fully saturated rings. The molecule has 2 nitrogen and oxygen atoms in total. The molecule has 20 heavy (non-hydrogen) atoms. The van der Waals surface area contributed by atoms with Crippen LogP contribution in [0.2, 0.25) is 0 Å². The fourth-order valence-electron chi connectivity index (χ4n) is 1.76. The van der Waals surface area contributed by atoms with Crippen LogP contribution in [0.5, 0.6) is 0 Å². The summed E-state index contributed by atoms with van der Waals surface area (Å²) >= 11 is 0. The molecule has 0 aliphatic carbocycles. The smallest absolute Gasteiger partial charge is 0.328 e. The van der Waals surface area contributed by atoms with Crippen molar-refractivity contribution in [2.75, 3.05) is 0 Å². The molecular formula is C15H9F3O2. The van der Waals surface area contributed by atoms with Crippen molar-refractivity contribution in [2.24, 2.45) is 0 Å². The van der Waals surface area contributed by atoms with Crippen molar-refractivity contribution in [3.05, 3.63) is 65.5 Å². The number of carbonyl (C=O) groups is 1. The van der Waals surface area contributed by atoms with E-state index < -0.39 is 23.4 Å². The van der Waals surface area contributed by atoms with Crippen molar-refractivity contribution in [1.29, 1.82) is 0 Å². The van der Waals surface area contributed by atoms with E-state index in [9.17, 15) is 18.0 Å². The molecule has 0 unspecified atom stereocenters. The lowest BCUT2D eigenvalue weighted by atomic mass is 10.0. The summed E-state index contributed by atoms with van der Waals surface area (Å²) in [7, 11) is 0. The molecule has 0 saturated carbocycles. The minimum Gasteiger partial charge on any atom is -0.478 e. The summed E-state index contributed by atoms with van der Waals surface area (Å²) < 4.78 is 40.0. The lowest BCUT2D eigenvalue weighted by molar-refractivity contribution is -0.131. The van der Waals surface area contributed by atoms with Crippen LogP contribution in [0.25, 0.3) is 17.2 Å². The van der Waals surface area contributed by atoms with Crippen LogP contribution in [0, 0.1) is 17.5 Å². The fraction of sp³-hybridized carbons (Fsp3) is 0. The van der Waals surface area contributed by atoms with Gasteiger partial charge in [-0.15, -0.1) is 0 Å². The maximum Gasteiger partial charge on any atom is 0.328 e. The van der Waals surface area contributed by atoms with E-state index in [2.05, 4.69) is 0 Å². The topological polar surface area (TPSA) is 37.3 Å². The van der Waals surface area contributed by atoms with Crippen LogP contribution in [0.4, 0.5) is 13.2 Å². The Balaban J connectivity index is 2.49. The summed E-state index contributed by atoms with van der Waals surface area (Å²) in [4.78, 5) is 10.4. The molecule has 0 aliphatic rings. The molecule has 0 aromatic heterocycles. The summed E-state index contributed by atoms with van der Waals surface area (Å²) in [5.41, 5.74) is 0.509. The van der Waals surface area contributed by atoms with Gasteiger partial charge in [0.1, 0.15) is 17.5 Å². The highest BCUT2D eigenvalue weighted by atomic mass is 19.1. The summed E-state index contributed by atoms with van der Waals surface area (Å²) in [6, 6.07) is 6.59. The third-order valence-electron chi connectivity index (χ3n) is 2.58. The van der Waals surface area contributed by atoms with E-state index in [1.54, 1.807) is 0 Å². The van der Waals surface area contributed by atoms with Crippen LogP contribution in [0.1, 0.15) is 5.56 Å². The van der Waals surface area contributed by atoms with E-state index >= 15 is 0 Å². The van der Waals surface area contributed by atoms with Crippen molar-refractivity contribution in [1.82, 2.24) is 0 Å². The van der Waals surface area contributed by atoms with Crippen LogP contribution < -0.4 is 0 Å². The summed E-state index contributed by atoms with van der Waals surface area (Å²) in [6.07, 6.45) is 2.04. The van der Waals surface area contributed by atoms with Crippen molar-refractivity contribution in [3.8, 4) is 11.1 Å². The van der Waals surface area contributed by atoms with Crippen molar-refractivity contribution >= 4 is 12.0 Å². The van der Waals surface area contributed by atoms with Crippen LogP contribution in [0.3, 0.4) is 0 Å². The quantitative estimate of drug-likeness (QED) is 0.865. The van der Waals surface area contributed by atoms with Gasteiger partial charge in [-0.25, -0.2) is 18.0 Å². The molecule has 102 valence electrons. The summed E-state index contributed by atoms with van der Waals surface area (Å²) in [6.45, 7) is 0. The first-order chi connectivity index (χ1) is 9.45. The minimum atomic E-state index is -1.18. The van der Waals surface area contributed by atoms with E-state index in [0.29, 0.717) is 6.07 Å². The van der Waals surface area contributed by atoms with Gasteiger partial charge in [0.25, 0.3) is 0 Å². The third-order valence-corrected chi connectivity index (χ3v) is 2.58. The Morgan fingerprint density at radius 1 is 1.00 bits per heavy atom. The normalized spacial score (nSPS) is 10.9. The van der Waals surface area contributed by atoms with Gasteiger partial charge >= 0.3 is 5.97 Å². The highest BCUT2D eigenvalue weighted by Gasteiger charge is 2.08. The number of hydrogen-bond acceptors (Lipinski definition) is 1. The van der Waals surface area contributed by atoms with Gasteiger partial charge in [-0.1, -0.05) is 0 Å². The fourth-order valence-corrected chi connectivity index (χ4v) is 1.76. The summed E-state index contributed by atoms with van der Waals surface area (Å²) in [5.74, 6) is -3.36. The highest BCUT2D eigenvalue weighted by molar-refractivity contribution is 5.85. The zero-order chi connectivity index (χ0) is 14.7. The molecule has 5 heteroatoms. The van der Waals surface area contributed by atoms with E-state index in [-0.39, 0.29) is 16.7 Å². The lowest BCUT2D eigenvalue weighted by Crippen LogP contribution is -1.90. The second-order valence-electron chi connectivity index (χ2n) is 4.07. The number of halogens is 3. The number of benzene rings is 2. The number of carboxylic acid groups (broad SMARTS) is 1. The molecule has 0 bridgehead atoms. The van der Waals surface area contributed by atoms with Gasteiger partial charge < -0.3 is 5.11 Å². The Morgan fingerprint density at radius 3 is 2.40 bits per heavy atom. The molecule has 0 spiro atoms. The molecule has 0 amide bonds. The Labute approximate surface area is 112 Å². The molecule has 2 aromatic rings. The third kappa shape index (κ3) is 3.26. The van der Waals surface area contributed by atoms with Crippen LogP contribution in [-0.2, 0) is 4.79 Å². The molecular weight excluding hydrogens is 269 g/mol. The highest BCUT2D eigenvalue weighted by Crippen LogP contribution is 2.26. The molecule has 2 aromatic carbocycles. The van der Waals surface area contributed by atoms with Crippen molar-refractivity contribution in [3.63, 3.8) is 0 Å². The average molecular weight is 278 g/mol. The van der Waals surface area contributed by atoms with Gasteiger partial charge in [-0.3, -0.25) is 0 Å². The zero-order valence-electron chi connectivity index (χ0n) is 10.1. The van der Waals surface area contributed by atoms with E-state index in [4.69, 9.17) is 5.11 Å². The van der Waals surface area contributed by atoms with Gasteiger partial charge in [-0.2, -0.15) is 0 Å². The predicted octanol–water partition coefficient (Wildman–Crippen LogP) is 3.87. The Bertz CT molecular complexity index is 694. The van der Waals surface area contributed by atoms with Gasteiger partial charge in [0.15, 0.2) is 0 Å². The molecule has 0 atom stereocenters. The van der Waals surface area contributed by atoms with Crippen molar-refractivity contribution < 1.29 is 23.1 Å². The number of aliphatic carboxylic acids is 1. The SMILES string of the molecule is O=C(O)/C=C/c1cc(F)cc(-c2ccc(F)cc2F)c1. The monoisotopic (exact) mass is 278 g/mol. The number of carboxylic acids is 1. The maximum atomic E-state index is 13.6. The van der Waals surface area contributed by atoms with Gasteiger partial charge in [0.05, 0.1) is 0 Å². The van der Waals surface area contributed by atoms with Gasteiger partial charge in [0, 0.05) is 17.7 Å². The van der Waals surface area contributed by atoms with Crippen molar-refractivity contribution in [2.45, 2.75) is 0 Å². The Kier molecular flexibility index (Phi) is 3.89. The first-order valence-corrected chi connectivity index (χ1v) is 5.63. The number of hydrogen-bond donors (Lipinski definition) is 1. The summed E-state index contributed by atoms with van der Waals surface area (Å²) in [5, 5.41) is 8.52.